The molecule has 3 heterocycles. The number of nitrogens with zero attached hydrogens (tertiary/aromatic N) is 3. The zero-order valence-electron chi connectivity index (χ0n) is 10.6. The first-order chi connectivity index (χ1) is 9.06. The summed E-state index contributed by atoms with van der Waals surface area (Å²) in [6.45, 7) is 4.19. The number of hydrogen-bond acceptors (Lipinski definition) is 4. The summed E-state index contributed by atoms with van der Waals surface area (Å²) in [6, 6.07) is 6.11. The Morgan fingerprint density at radius 2 is 2.21 bits per heavy atom. The largest absolute Gasteiger partial charge is 0.369 e. The van der Waals surface area contributed by atoms with Gasteiger partial charge in [-0.1, -0.05) is 11.6 Å². The molecule has 0 radical (unpaired) electrons. The summed E-state index contributed by atoms with van der Waals surface area (Å²) in [5.74, 6) is 0.461. The summed E-state index contributed by atoms with van der Waals surface area (Å²) in [6.07, 6.45) is 1.62. The molecule has 0 amide bonds. The second kappa shape index (κ2) is 4.51. The van der Waals surface area contributed by atoms with Crippen LogP contribution in [0.15, 0.2) is 24.4 Å². The Balaban J connectivity index is 2.16. The summed E-state index contributed by atoms with van der Waals surface area (Å²) in [7, 11) is 0. The van der Waals surface area contributed by atoms with Crippen LogP contribution >= 0.6 is 22.9 Å². The van der Waals surface area contributed by atoms with Crippen molar-refractivity contribution in [2.24, 2.45) is 0 Å². The predicted molar refractivity (Wildman–Crippen MR) is 79.8 cm³/mol. The first-order valence-corrected chi connectivity index (χ1v) is 7.11. The van der Waals surface area contributed by atoms with E-state index in [2.05, 4.69) is 35.9 Å². The van der Waals surface area contributed by atoms with Gasteiger partial charge in [-0.05, 0) is 32.0 Å². The molecule has 98 valence electrons. The van der Waals surface area contributed by atoms with Crippen LogP contribution in [0.1, 0.15) is 22.7 Å². The highest BCUT2D eigenvalue weighted by Gasteiger charge is 2.18. The van der Waals surface area contributed by atoms with E-state index < -0.39 is 0 Å². The van der Waals surface area contributed by atoms with E-state index in [-0.39, 0.29) is 6.04 Å². The number of aryl methyl sites for hydroxylation is 1. The lowest BCUT2D eigenvalue weighted by Gasteiger charge is -2.13. The standard InChI is InChI=1S/C13H13ClN4S/c1-7-3-4-11(19-7)8(2)18-12-10(17-13(18)15)5-9(14)6-16-12/h3-6,8H,1-2H3,(H2,15,17). The Labute approximate surface area is 119 Å². The maximum atomic E-state index is 6.02. The third kappa shape index (κ3) is 2.09. The third-order valence-electron chi connectivity index (χ3n) is 3.08. The number of rotatable bonds is 2. The fourth-order valence-electron chi connectivity index (χ4n) is 2.16. The van der Waals surface area contributed by atoms with Crippen LogP contribution in [0.5, 0.6) is 0 Å². The van der Waals surface area contributed by atoms with Crippen LogP contribution in [0.3, 0.4) is 0 Å². The van der Waals surface area contributed by atoms with Crippen molar-refractivity contribution in [2.75, 3.05) is 5.73 Å². The van der Waals surface area contributed by atoms with Gasteiger partial charge in [0.2, 0.25) is 5.95 Å². The molecule has 1 unspecified atom stereocenters. The minimum absolute atomic E-state index is 0.109. The van der Waals surface area contributed by atoms with Crippen molar-refractivity contribution in [3.63, 3.8) is 0 Å². The highest BCUT2D eigenvalue weighted by Crippen LogP contribution is 2.30. The SMILES string of the molecule is Cc1ccc(C(C)n2c(N)nc3cc(Cl)cnc32)s1. The summed E-state index contributed by atoms with van der Waals surface area (Å²) < 4.78 is 1.94. The van der Waals surface area contributed by atoms with Crippen LogP contribution in [0.25, 0.3) is 11.2 Å². The zero-order chi connectivity index (χ0) is 13.6. The molecule has 0 bridgehead atoms. The predicted octanol–water partition coefficient (Wildman–Crippen LogP) is 3.65. The van der Waals surface area contributed by atoms with Crippen molar-refractivity contribution in [3.8, 4) is 0 Å². The molecule has 0 saturated carbocycles. The van der Waals surface area contributed by atoms with Crippen molar-refractivity contribution < 1.29 is 0 Å². The smallest absolute Gasteiger partial charge is 0.203 e. The topological polar surface area (TPSA) is 56.7 Å². The number of aromatic nitrogens is 3. The lowest BCUT2D eigenvalue weighted by Crippen LogP contribution is -2.09. The molecular formula is C13H13ClN4S. The molecule has 3 aromatic heterocycles. The molecule has 0 aliphatic heterocycles. The lowest BCUT2D eigenvalue weighted by molar-refractivity contribution is 0.674. The average molecular weight is 293 g/mol. The monoisotopic (exact) mass is 292 g/mol. The molecule has 0 fully saturated rings. The van der Waals surface area contributed by atoms with E-state index in [1.807, 2.05) is 4.57 Å². The lowest BCUT2D eigenvalue weighted by atomic mass is 10.2. The normalized spacial score (nSPS) is 13.0. The molecule has 1 atom stereocenters. The molecule has 4 nitrogen and oxygen atoms in total. The maximum absolute atomic E-state index is 6.02. The molecule has 0 aliphatic rings. The van der Waals surface area contributed by atoms with Crippen LogP contribution in [0.4, 0.5) is 5.95 Å². The van der Waals surface area contributed by atoms with Gasteiger partial charge < -0.3 is 5.73 Å². The molecule has 6 heteroatoms. The molecule has 0 aliphatic carbocycles. The number of nitrogen functional groups attached to an aromatic ring is 1. The second-order valence-corrected chi connectivity index (χ2v) is 6.22. The quantitative estimate of drug-likeness (QED) is 0.784. The van der Waals surface area contributed by atoms with E-state index in [1.165, 1.54) is 9.75 Å². The highest BCUT2D eigenvalue weighted by molar-refractivity contribution is 7.12. The van der Waals surface area contributed by atoms with E-state index in [0.717, 1.165) is 11.2 Å². The van der Waals surface area contributed by atoms with Crippen LogP contribution in [-0.2, 0) is 0 Å². The van der Waals surface area contributed by atoms with Gasteiger partial charge in [-0.15, -0.1) is 11.3 Å². The number of imidazole rings is 1. The highest BCUT2D eigenvalue weighted by atomic mass is 35.5. The maximum Gasteiger partial charge on any atom is 0.203 e. The molecule has 3 aromatic rings. The number of halogens is 1. The minimum Gasteiger partial charge on any atom is -0.369 e. The molecular weight excluding hydrogens is 280 g/mol. The van der Waals surface area contributed by atoms with Gasteiger partial charge in [0, 0.05) is 16.0 Å². The van der Waals surface area contributed by atoms with E-state index in [4.69, 9.17) is 17.3 Å². The van der Waals surface area contributed by atoms with Crippen molar-refractivity contribution >= 4 is 40.0 Å². The molecule has 2 N–H and O–H groups in total. The summed E-state index contributed by atoms with van der Waals surface area (Å²) in [4.78, 5) is 11.2. The van der Waals surface area contributed by atoms with Crippen LogP contribution < -0.4 is 5.73 Å². The number of thiophene rings is 1. The van der Waals surface area contributed by atoms with Crippen molar-refractivity contribution in [3.05, 3.63) is 39.2 Å². The number of nitrogens with two attached hydrogens (primary N) is 1. The molecule has 0 saturated heterocycles. The Morgan fingerprint density at radius 3 is 2.89 bits per heavy atom. The van der Waals surface area contributed by atoms with Gasteiger partial charge in [0.15, 0.2) is 5.65 Å². The Hall–Kier alpha value is -1.59. The number of hydrogen-bond donors (Lipinski definition) is 1. The summed E-state index contributed by atoms with van der Waals surface area (Å²) in [5, 5.41) is 0.566. The Kier molecular flexibility index (Phi) is 2.95. The molecule has 0 aromatic carbocycles. The fraction of sp³-hybridized carbons (Fsp3) is 0.231. The van der Waals surface area contributed by atoms with Crippen molar-refractivity contribution in [1.82, 2.24) is 14.5 Å². The van der Waals surface area contributed by atoms with E-state index in [0.29, 0.717) is 11.0 Å². The van der Waals surface area contributed by atoms with Gasteiger partial charge in [-0.2, -0.15) is 0 Å². The molecule has 0 spiro atoms. The van der Waals surface area contributed by atoms with E-state index in [1.54, 1.807) is 23.6 Å². The number of fused-ring (bicyclic) bond motifs is 1. The van der Waals surface area contributed by atoms with E-state index >= 15 is 0 Å². The molecule has 3 rings (SSSR count). The Bertz CT molecular complexity index is 746. The summed E-state index contributed by atoms with van der Waals surface area (Å²) in [5.41, 5.74) is 7.51. The first kappa shape index (κ1) is 12.4. The average Bonchev–Trinajstić information content (AvgIpc) is 2.91. The third-order valence-corrected chi connectivity index (χ3v) is 4.46. The van der Waals surface area contributed by atoms with Gasteiger partial charge in [0.25, 0.3) is 0 Å². The van der Waals surface area contributed by atoms with E-state index in [9.17, 15) is 0 Å². The van der Waals surface area contributed by atoms with Crippen LogP contribution in [0.2, 0.25) is 5.02 Å². The fourth-order valence-corrected chi connectivity index (χ4v) is 3.23. The van der Waals surface area contributed by atoms with Gasteiger partial charge in [0.05, 0.1) is 11.1 Å². The minimum atomic E-state index is 0.109. The van der Waals surface area contributed by atoms with Crippen LogP contribution in [-0.4, -0.2) is 14.5 Å². The molecule has 19 heavy (non-hydrogen) atoms. The van der Waals surface area contributed by atoms with Gasteiger partial charge in [-0.3, -0.25) is 4.57 Å². The Morgan fingerprint density at radius 1 is 1.42 bits per heavy atom. The number of pyridine rings is 1. The van der Waals surface area contributed by atoms with Gasteiger partial charge in [0.1, 0.15) is 5.52 Å². The van der Waals surface area contributed by atoms with Crippen molar-refractivity contribution in [1.29, 1.82) is 0 Å². The number of anilines is 1. The second-order valence-electron chi connectivity index (χ2n) is 4.46. The summed E-state index contributed by atoms with van der Waals surface area (Å²) >= 11 is 7.69. The van der Waals surface area contributed by atoms with Crippen molar-refractivity contribution in [2.45, 2.75) is 19.9 Å². The first-order valence-electron chi connectivity index (χ1n) is 5.91. The van der Waals surface area contributed by atoms with Crippen LogP contribution in [0, 0.1) is 6.92 Å². The van der Waals surface area contributed by atoms with Gasteiger partial charge in [-0.25, -0.2) is 9.97 Å². The zero-order valence-corrected chi connectivity index (χ0v) is 12.2. The van der Waals surface area contributed by atoms with Gasteiger partial charge >= 0.3 is 0 Å².